The molecular formula is C20H30N2O2. The third-order valence-electron chi connectivity index (χ3n) is 6.06. The minimum Gasteiger partial charge on any atom is -0.454 e. The molecule has 4 heteroatoms. The molecule has 24 heavy (non-hydrogen) atoms. The van der Waals surface area contributed by atoms with Gasteiger partial charge in [0.25, 0.3) is 0 Å². The highest BCUT2D eigenvalue weighted by Crippen LogP contribution is 2.33. The van der Waals surface area contributed by atoms with Crippen molar-refractivity contribution in [3.8, 4) is 11.5 Å². The summed E-state index contributed by atoms with van der Waals surface area (Å²) >= 11 is 0. The van der Waals surface area contributed by atoms with E-state index < -0.39 is 0 Å². The van der Waals surface area contributed by atoms with Crippen LogP contribution in [0.1, 0.15) is 44.1 Å². The molecule has 0 radical (unpaired) electrons. The Morgan fingerprint density at radius 1 is 1.04 bits per heavy atom. The van der Waals surface area contributed by atoms with E-state index in [0.717, 1.165) is 36.5 Å². The minimum atomic E-state index is 0.359. The summed E-state index contributed by atoms with van der Waals surface area (Å²) in [5.74, 6) is 1.79. The summed E-state index contributed by atoms with van der Waals surface area (Å²) in [5.41, 5.74) is 1.35. The molecule has 0 unspecified atom stereocenters. The number of hydrogen-bond acceptors (Lipinski definition) is 4. The van der Waals surface area contributed by atoms with Gasteiger partial charge in [-0.1, -0.05) is 18.9 Å². The standard InChI is InChI=1S/C20H30N2O2/c1-21(13-10-16-8-9-19-20(14-16)24-15-23-19)17-6-2-3-7-18(17)22-11-4-5-12-22/h8-9,14,17-18H,2-7,10-13,15H2,1H3/t17-,18+/m0/s1. The topological polar surface area (TPSA) is 24.9 Å². The fraction of sp³-hybridized carbons (Fsp3) is 0.700. The molecule has 132 valence electrons. The van der Waals surface area contributed by atoms with Gasteiger partial charge in [-0.3, -0.25) is 4.90 Å². The minimum absolute atomic E-state index is 0.359. The van der Waals surface area contributed by atoms with Gasteiger partial charge in [-0.2, -0.15) is 0 Å². The molecule has 1 saturated heterocycles. The SMILES string of the molecule is CN(CCc1ccc2c(c1)OCO2)[C@H]1CCCC[C@H]1N1CCCC1. The molecule has 0 spiro atoms. The van der Waals surface area contributed by atoms with Gasteiger partial charge in [0, 0.05) is 18.6 Å². The molecule has 2 aliphatic heterocycles. The highest BCUT2D eigenvalue weighted by Gasteiger charge is 2.33. The maximum atomic E-state index is 5.50. The van der Waals surface area contributed by atoms with Crippen LogP contribution in [-0.4, -0.2) is 55.4 Å². The summed E-state index contributed by atoms with van der Waals surface area (Å²) in [7, 11) is 2.33. The lowest BCUT2D eigenvalue weighted by molar-refractivity contribution is 0.0771. The van der Waals surface area contributed by atoms with Crippen molar-refractivity contribution in [2.24, 2.45) is 0 Å². The zero-order valence-corrected chi connectivity index (χ0v) is 14.9. The fourth-order valence-electron chi connectivity index (χ4n) is 4.67. The summed E-state index contributed by atoms with van der Waals surface area (Å²) < 4.78 is 10.9. The lowest BCUT2D eigenvalue weighted by Gasteiger charge is -2.42. The average molecular weight is 330 g/mol. The van der Waals surface area contributed by atoms with Crippen molar-refractivity contribution in [3.63, 3.8) is 0 Å². The van der Waals surface area contributed by atoms with E-state index in [1.165, 1.54) is 57.2 Å². The third kappa shape index (κ3) is 3.40. The fourth-order valence-corrected chi connectivity index (χ4v) is 4.67. The molecule has 4 rings (SSSR count). The number of hydrogen-bond donors (Lipinski definition) is 0. The molecule has 3 aliphatic rings. The second kappa shape index (κ2) is 7.32. The van der Waals surface area contributed by atoms with Crippen LogP contribution in [-0.2, 0) is 6.42 Å². The van der Waals surface area contributed by atoms with E-state index in [1.54, 1.807) is 0 Å². The molecule has 0 aromatic heterocycles. The summed E-state index contributed by atoms with van der Waals surface area (Å²) in [6.45, 7) is 4.11. The van der Waals surface area contributed by atoms with Crippen LogP contribution < -0.4 is 9.47 Å². The molecule has 1 aromatic rings. The van der Waals surface area contributed by atoms with E-state index >= 15 is 0 Å². The Hall–Kier alpha value is -1.26. The van der Waals surface area contributed by atoms with Gasteiger partial charge in [-0.15, -0.1) is 0 Å². The van der Waals surface area contributed by atoms with Gasteiger partial charge < -0.3 is 14.4 Å². The molecule has 2 heterocycles. The van der Waals surface area contributed by atoms with Crippen LogP contribution in [0.15, 0.2) is 18.2 Å². The Bertz CT molecular complexity index is 557. The van der Waals surface area contributed by atoms with E-state index in [4.69, 9.17) is 9.47 Å². The van der Waals surface area contributed by atoms with Crippen molar-refractivity contribution in [2.75, 3.05) is 33.5 Å². The van der Waals surface area contributed by atoms with Crippen LogP contribution in [0, 0.1) is 0 Å². The van der Waals surface area contributed by atoms with Gasteiger partial charge in [0.05, 0.1) is 0 Å². The highest BCUT2D eigenvalue weighted by molar-refractivity contribution is 5.44. The first-order chi connectivity index (χ1) is 11.8. The summed E-state index contributed by atoms with van der Waals surface area (Å²) in [6, 6.07) is 7.88. The number of ether oxygens (including phenoxy) is 2. The first-order valence-corrected chi connectivity index (χ1v) is 9.64. The monoisotopic (exact) mass is 330 g/mol. The summed E-state index contributed by atoms with van der Waals surface area (Å²) in [4.78, 5) is 5.38. The van der Waals surface area contributed by atoms with Gasteiger partial charge in [-0.25, -0.2) is 0 Å². The zero-order chi connectivity index (χ0) is 16.4. The lowest BCUT2D eigenvalue weighted by atomic mass is 9.88. The van der Waals surface area contributed by atoms with Crippen LogP contribution in [0.25, 0.3) is 0 Å². The van der Waals surface area contributed by atoms with Crippen molar-refractivity contribution in [1.29, 1.82) is 0 Å². The van der Waals surface area contributed by atoms with E-state index in [1.807, 2.05) is 6.07 Å². The summed E-state index contributed by atoms with van der Waals surface area (Å²) in [6.07, 6.45) is 9.42. The summed E-state index contributed by atoms with van der Waals surface area (Å²) in [5, 5.41) is 0. The van der Waals surface area contributed by atoms with E-state index in [0.29, 0.717) is 6.79 Å². The Morgan fingerprint density at radius 2 is 1.83 bits per heavy atom. The molecular weight excluding hydrogens is 300 g/mol. The smallest absolute Gasteiger partial charge is 0.231 e. The van der Waals surface area contributed by atoms with Gasteiger partial charge in [0.15, 0.2) is 11.5 Å². The molecule has 0 N–H and O–H groups in total. The number of rotatable bonds is 5. The maximum absolute atomic E-state index is 5.50. The predicted molar refractivity (Wildman–Crippen MR) is 95.8 cm³/mol. The van der Waals surface area contributed by atoms with E-state index in [9.17, 15) is 0 Å². The van der Waals surface area contributed by atoms with Crippen molar-refractivity contribution in [3.05, 3.63) is 23.8 Å². The molecule has 1 saturated carbocycles. The molecule has 2 fully saturated rings. The van der Waals surface area contributed by atoms with E-state index in [-0.39, 0.29) is 0 Å². The number of likely N-dealkylation sites (tertiary alicyclic amines) is 1. The maximum Gasteiger partial charge on any atom is 0.231 e. The van der Waals surface area contributed by atoms with E-state index in [2.05, 4.69) is 29.0 Å². The second-order valence-electron chi connectivity index (χ2n) is 7.58. The first kappa shape index (κ1) is 16.2. The Labute approximate surface area is 145 Å². The Balaban J connectivity index is 1.36. The normalized spacial score (nSPS) is 27.1. The first-order valence-electron chi connectivity index (χ1n) is 9.64. The number of benzene rings is 1. The lowest BCUT2D eigenvalue weighted by Crippen LogP contribution is -2.51. The quantitative estimate of drug-likeness (QED) is 0.827. The second-order valence-corrected chi connectivity index (χ2v) is 7.58. The largest absolute Gasteiger partial charge is 0.454 e. The van der Waals surface area contributed by atoms with Crippen molar-refractivity contribution < 1.29 is 9.47 Å². The van der Waals surface area contributed by atoms with Crippen molar-refractivity contribution in [1.82, 2.24) is 9.80 Å². The third-order valence-corrected chi connectivity index (χ3v) is 6.06. The predicted octanol–water partition coefficient (Wildman–Crippen LogP) is 3.30. The van der Waals surface area contributed by atoms with Gasteiger partial charge in [0.2, 0.25) is 6.79 Å². The molecule has 0 bridgehead atoms. The Kier molecular flexibility index (Phi) is 4.95. The zero-order valence-electron chi connectivity index (χ0n) is 14.9. The number of nitrogens with zero attached hydrogens (tertiary/aromatic N) is 2. The van der Waals surface area contributed by atoms with Crippen LogP contribution in [0.3, 0.4) is 0 Å². The molecule has 1 aromatic carbocycles. The van der Waals surface area contributed by atoms with Crippen molar-refractivity contribution >= 4 is 0 Å². The van der Waals surface area contributed by atoms with Crippen LogP contribution in [0.4, 0.5) is 0 Å². The van der Waals surface area contributed by atoms with Gasteiger partial charge in [-0.05, 0) is 69.9 Å². The molecule has 4 nitrogen and oxygen atoms in total. The van der Waals surface area contributed by atoms with Gasteiger partial charge in [0.1, 0.15) is 0 Å². The number of likely N-dealkylation sites (N-methyl/N-ethyl adjacent to an activating group) is 1. The van der Waals surface area contributed by atoms with Crippen LogP contribution in [0.5, 0.6) is 11.5 Å². The Morgan fingerprint density at radius 3 is 2.71 bits per heavy atom. The molecule has 0 amide bonds. The average Bonchev–Trinajstić information content (AvgIpc) is 3.30. The van der Waals surface area contributed by atoms with Crippen molar-refractivity contribution in [2.45, 2.75) is 57.0 Å². The highest BCUT2D eigenvalue weighted by atomic mass is 16.7. The van der Waals surface area contributed by atoms with Crippen LogP contribution in [0.2, 0.25) is 0 Å². The molecule has 2 atom stereocenters. The van der Waals surface area contributed by atoms with Gasteiger partial charge >= 0.3 is 0 Å². The number of fused-ring (bicyclic) bond motifs is 1. The molecule has 1 aliphatic carbocycles. The van der Waals surface area contributed by atoms with Crippen LogP contribution >= 0.6 is 0 Å².